The Morgan fingerprint density at radius 3 is 2.79 bits per heavy atom. The molecule has 1 aliphatic carbocycles. The molecule has 0 bridgehead atoms. The van der Waals surface area contributed by atoms with E-state index in [-0.39, 0.29) is 24.5 Å². The number of amides is 1. The molecule has 130 valence electrons. The van der Waals surface area contributed by atoms with Crippen molar-refractivity contribution in [1.82, 2.24) is 4.90 Å². The van der Waals surface area contributed by atoms with Crippen LogP contribution in [0.1, 0.15) is 32.1 Å². The number of para-hydroxylation sites is 1. The zero-order valence-corrected chi connectivity index (χ0v) is 15.4. The summed E-state index contributed by atoms with van der Waals surface area (Å²) >= 11 is 3.44. The van der Waals surface area contributed by atoms with E-state index in [0.717, 1.165) is 35.8 Å². The van der Waals surface area contributed by atoms with Crippen molar-refractivity contribution < 1.29 is 14.3 Å². The van der Waals surface area contributed by atoms with Gasteiger partial charge in [-0.05, 0) is 53.2 Å². The van der Waals surface area contributed by atoms with Gasteiger partial charge in [0, 0.05) is 10.5 Å². The van der Waals surface area contributed by atoms with Crippen molar-refractivity contribution in [3.63, 3.8) is 0 Å². The average molecular weight is 395 g/mol. The molecule has 1 N–H and O–H groups in total. The van der Waals surface area contributed by atoms with E-state index >= 15 is 0 Å². The summed E-state index contributed by atoms with van der Waals surface area (Å²) in [6.07, 6.45) is 5.38. The molecule has 0 unspecified atom stereocenters. The Labute approximate surface area is 150 Å². The zero-order valence-electron chi connectivity index (χ0n) is 13.8. The number of nitrogens with zero attached hydrogens (tertiary/aromatic N) is 1. The quantitative estimate of drug-likeness (QED) is 0.796. The Hall–Kier alpha value is -1.40. The molecule has 1 aromatic carbocycles. The smallest absolute Gasteiger partial charge is 0.323 e. The second-order valence-corrected chi connectivity index (χ2v) is 7.44. The Morgan fingerprint density at radius 1 is 1.29 bits per heavy atom. The number of carbonyl (C=O) groups is 2. The lowest BCUT2D eigenvalue weighted by Crippen LogP contribution is -2.46. The Kier molecular flexibility index (Phi) is 5.56. The topological polar surface area (TPSA) is 58.6 Å². The maximum Gasteiger partial charge on any atom is 0.323 e. The minimum atomic E-state index is -0.298. The summed E-state index contributed by atoms with van der Waals surface area (Å²) in [6, 6.07) is 7.54. The first kappa shape index (κ1) is 17.4. The molecule has 2 aliphatic rings. The normalized spacial score (nSPS) is 26.7. The number of likely N-dealkylation sites (tertiary alicyclic amines) is 1. The van der Waals surface area contributed by atoms with Gasteiger partial charge in [0.25, 0.3) is 0 Å². The minimum Gasteiger partial charge on any atom is -0.468 e. The number of esters is 1. The Balaban J connectivity index is 1.71. The summed E-state index contributed by atoms with van der Waals surface area (Å²) in [5.74, 6) is 0.180. The van der Waals surface area contributed by atoms with Gasteiger partial charge >= 0.3 is 5.97 Å². The van der Waals surface area contributed by atoms with Crippen molar-refractivity contribution in [2.45, 2.75) is 44.2 Å². The second-order valence-electron chi connectivity index (χ2n) is 6.59. The van der Waals surface area contributed by atoms with Gasteiger partial charge in [0.1, 0.15) is 6.04 Å². The van der Waals surface area contributed by atoms with Gasteiger partial charge in [0.2, 0.25) is 5.91 Å². The van der Waals surface area contributed by atoms with E-state index in [9.17, 15) is 9.59 Å². The van der Waals surface area contributed by atoms with Crippen LogP contribution in [0.4, 0.5) is 5.69 Å². The van der Waals surface area contributed by atoms with Crippen molar-refractivity contribution in [3.8, 4) is 0 Å². The molecule has 1 amide bonds. The summed E-state index contributed by atoms with van der Waals surface area (Å²) in [5, 5.41) is 2.93. The van der Waals surface area contributed by atoms with Gasteiger partial charge in [0.15, 0.2) is 0 Å². The second kappa shape index (κ2) is 7.66. The lowest BCUT2D eigenvalue weighted by Gasteiger charge is -2.32. The van der Waals surface area contributed by atoms with E-state index in [2.05, 4.69) is 26.1 Å². The van der Waals surface area contributed by atoms with E-state index in [1.807, 2.05) is 24.3 Å². The third kappa shape index (κ3) is 3.64. The number of methoxy groups -OCH3 is 1. The number of carbonyl (C=O) groups excluding carboxylic acids is 2. The predicted molar refractivity (Wildman–Crippen MR) is 95.6 cm³/mol. The summed E-state index contributed by atoms with van der Waals surface area (Å²) in [6.45, 7) is 0.224. The number of hydrogen-bond donors (Lipinski definition) is 1. The molecular weight excluding hydrogens is 372 g/mol. The molecule has 1 aromatic rings. The first-order chi connectivity index (χ1) is 11.6. The fourth-order valence-electron chi connectivity index (χ4n) is 4.07. The van der Waals surface area contributed by atoms with Crippen molar-refractivity contribution in [2.75, 3.05) is 19.0 Å². The van der Waals surface area contributed by atoms with Crippen molar-refractivity contribution in [2.24, 2.45) is 5.92 Å². The van der Waals surface area contributed by atoms with E-state index in [1.165, 1.54) is 13.5 Å². The van der Waals surface area contributed by atoms with Crippen LogP contribution in [0.3, 0.4) is 0 Å². The van der Waals surface area contributed by atoms with Crippen molar-refractivity contribution >= 4 is 33.5 Å². The average Bonchev–Trinajstić information content (AvgIpc) is 2.95. The van der Waals surface area contributed by atoms with Gasteiger partial charge < -0.3 is 10.1 Å². The third-order valence-corrected chi connectivity index (χ3v) is 5.86. The van der Waals surface area contributed by atoms with Crippen LogP contribution in [0.2, 0.25) is 0 Å². The van der Waals surface area contributed by atoms with Gasteiger partial charge in [-0.15, -0.1) is 0 Å². The Bertz CT molecular complexity index is 622. The summed E-state index contributed by atoms with van der Waals surface area (Å²) in [7, 11) is 1.42. The molecule has 6 heteroatoms. The van der Waals surface area contributed by atoms with E-state index in [1.54, 1.807) is 0 Å². The molecule has 1 saturated heterocycles. The third-order valence-electron chi connectivity index (χ3n) is 5.17. The fourth-order valence-corrected chi connectivity index (χ4v) is 4.45. The monoisotopic (exact) mass is 394 g/mol. The highest BCUT2D eigenvalue weighted by Crippen LogP contribution is 2.39. The largest absolute Gasteiger partial charge is 0.468 e. The van der Waals surface area contributed by atoms with Crippen molar-refractivity contribution in [3.05, 3.63) is 28.7 Å². The van der Waals surface area contributed by atoms with Gasteiger partial charge in [0.05, 0.1) is 19.3 Å². The minimum absolute atomic E-state index is 0.0953. The number of fused-ring (bicyclic) bond motifs is 1. The molecule has 0 radical (unpaired) electrons. The highest BCUT2D eigenvalue weighted by Gasteiger charge is 2.46. The number of benzene rings is 1. The van der Waals surface area contributed by atoms with Crippen molar-refractivity contribution in [1.29, 1.82) is 0 Å². The highest BCUT2D eigenvalue weighted by atomic mass is 79.9. The summed E-state index contributed by atoms with van der Waals surface area (Å²) in [5.41, 5.74) is 0.747. The van der Waals surface area contributed by atoms with Crippen LogP contribution in [-0.2, 0) is 14.3 Å². The van der Waals surface area contributed by atoms with Crippen LogP contribution in [0.25, 0.3) is 0 Å². The maximum atomic E-state index is 12.5. The highest BCUT2D eigenvalue weighted by molar-refractivity contribution is 9.10. The van der Waals surface area contributed by atoms with E-state index < -0.39 is 0 Å². The molecule has 1 aliphatic heterocycles. The van der Waals surface area contributed by atoms with E-state index in [4.69, 9.17) is 4.74 Å². The number of ether oxygens (including phenoxy) is 1. The summed E-state index contributed by atoms with van der Waals surface area (Å²) in [4.78, 5) is 26.7. The lowest BCUT2D eigenvalue weighted by atomic mass is 9.85. The van der Waals surface area contributed by atoms with Crippen LogP contribution in [0, 0.1) is 5.92 Å². The number of anilines is 1. The van der Waals surface area contributed by atoms with Crippen LogP contribution in [0.5, 0.6) is 0 Å². The van der Waals surface area contributed by atoms with Crippen LogP contribution in [0.15, 0.2) is 28.7 Å². The lowest BCUT2D eigenvalue weighted by molar-refractivity contribution is -0.146. The predicted octanol–water partition coefficient (Wildman–Crippen LogP) is 3.19. The number of halogens is 1. The zero-order chi connectivity index (χ0) is 17.1. The first-order valence-corrected chi connectivity index (χ1v) is 9.27. The van der Waals surface area contributed by atoms with Gasteiger partial charge in [-0.3, -0.25) is 14.5 Å². The molecule has 1 saturated carbocycles. The maximum absolute atomic E-state index is 12.5. The molecule has 0 aromatic heterocycles. The molecular formula is C18H23BrN2O3. The first-order valence-electron chi connectivity index (χ1n) is 8.48. The van der Waals surface area contributed by atoms with E-state index in [0.29, 0.717) is 12.0 Å². The van der Waals surface area contributed by atoms with Crippen LogP contribution in [-0.4, -0.2) is 42.5 Å². The SMILES string of the molecule is COC(=O)[C@@H]1C[C@@H]2CCCC[C@H]2N1CC(=O)Nc1ccccc1Br. The standard InChI is InChI=1S/C18H23BrN2O3/c1-24-18(23)16-10-12-6-2-5-9-15(12)21(16)11-17(22)20-14-8-4-3-7-13(14)19/h3-4,7-8,12,15-16H,2,5-6,9-11H2,1H3,(H,20,22)/t12-,15+,16-/m0/s1. The molecule has 3 atom stereocenters. The number of hydrogen-bond acceptors (Lipinski definition) is 4. The summed E-state index contributed by atoms with van der Waals surface area (Å²) < 4.78 is 5.82. The number of rotatable bonds is 4. The molecule has 24 heavy (non-hydrogen) atoms. The Morgan fingerprint density at radius 2 is 2.04 bits per heavy atom. The van der Waals surface area contributed by atoms with Gasteiger partial charge in [-0.1, -0.05) is 25.0 Å². The fraction of sp³-hybridized carbons (Fsp3) is 0.556. The molecule has 3 rings (SSSR count). The number of nitrogens with one attached hydrogen (secondary N) is 1. The molecule has 0 spiro atoms. The molecule has 5 nitrogen and oxygen atoms in total. The van der Waals surface area contributed by atoms with Gasteiger partial charge in [-0.2, -0.15) is 0 Å². The molecule has 2 fully saturated rings. The van der Waals surface area contributed by atoms with Crippen LogP contribution >= 0.6 is 15.9 Å². The molecule has 1 heterocycles. The van der Waals surface area contributed by atoms with Crippen LogP contribution < -0.4 is 5.32 Å². The van der Waals surface area contributed by atoms with Gasteiger partial charge in [-0.25, -0.2) is 0 Å².